The van der Waals surface area contributed by atoms with Gasteiger partial charge in [0.15, 0.2) is 0 Å². The molecule has 2 aromatic rings. The molecule has 0 radical (unpaired) electrons. The number of anilines is 1. The van der Waals surface area contributed by atoms with Gasteiger partial charge in [-0.15, -0.1) is 0 Å². The molecule has 0 bridgehead atoms. The van der Waals surface area contributed by atoms with Gasteiger partial charge in [-0.25, -0.2) is 4.98 Å². The molecule has 0 aromatic carbocycles. The molecule has 13 heavy (non-hydrogen) atoms. The normalized spacial score (nSPS) is 10.7. The molecule has 2 rings (SSSR count). The van der Waals surface area contributed by atoms with Gasteiger partial charge < -0.3 is 4.90 Å². The van der Waals surface area contributed by atoms with Gasteiger partial charge in [0.05, 0.1) is 0 Å². The Kier molecular flexibility index (Phi) is 1.65. The Morgan fingerprint density at radius 1 is 1.38 bits per heavy atom. The topological polar surface area (TPSA) is 46.3 Å². The number of nitrogens with zero attached hydrogens (tertiary/aromatic N) is 5. The van der Waals surface area contributed by atoms with E-state index in [9.17, 15) is 0 Å². The molecule has 0 spiro atoms. The van der Waals surface area contributed by atoms with E-state index in [2.05, 4.69) is 15.1 Å². The van der Waals surface area contributed by atoms with Crippen LogP contribution in [0.2, 0.25) is 0 Å². The minimum atomic E-state index is 0.642. The number of hydrogen-bond donors (Lipinski definition) is 0. The van der Waals surface area contributed by atoms with Crippen LogP contribution in [0.3, 0.4) is 0 Å². The SMILES string of the molecule is Cc1cc(N(C)C)n2ncnc2n1. The third kappa shape index (κ3) is 1.22. The van der Waals surface area contributed by atoms with Crippen LogP contribution in [0.15, 0.2) is 12.4 Å². The van der Waals surface area contributed by atoms with Crippen LogP contribution >= 0.6 is 0 Å². The van der Waals surface area contributed by atoms with Crippen LogP contribution in [0.5, 0.6) is 0 Å². The summed E-state index contributed by atoms with van der Waals surface area (Å²) in [5.74, 6) is 1.63. The van der Waals surface area contributed by atoms with Crippen molar-refractivity contribution in [2.75, 3.05) is 19.0 Å². The highest BCUT2D eigenvalue weighted by molar-refractivity contribution is 5.45. The Morgan fingerprint density at radius 2 is 2.15 bits per heavy atom. The lowest BCUT2D eigenvalue weighted by Gasteiger charge is -2.13. The number of rotatable bonds is 1. The summed E-state index contributed by atoms with van der Waals surface area (Å²) in [6.07, 6.45) is 1.51. The molecule has 5 heteroatoms. The van der Waals surface area contributed by atoms with Gasteiger partial charge in [0, 0.05) is 25.9 Å². The van der Waals surface area contributed by atoms with Crippen molar-refractivity contribution < 1.29 is 0 Å². The molecule has 0 aliphatic rings. The van der Waals surface area contributed by atoms with Crippen LogP contribution in [0.4, 0.5) is 5.82 Å². The third-order valence-electron chi connectivity index (χ3n) is 1.82. The van der Waals surface area contributed by atoms with Gasteiger partial charge in [0.1, 0.15) is 12.1 Å². The van der Waals surface area contributed by atoms with Crippen LogP contribution in [0.25, 0.3) is 5.78 Å². The van der Waals surface area contributed by atoms with Crippen LogP contribution in [-0.2, 0) is 0 Å². The fraction of sp³-hybridized carbons (Fsp3) is 0.375. The monoisotopic (exact) mass is 177 g/mol. The molecule has 0 saturated carbocycles. The fourth-order valence-corrected chi connectivity index (χ4v) is 1.23. The summed E-state index contributed by atoms with van der Waals surface area (Å²) in [6, 6.07) is 1.97. The van der Waals surface area contributed by atoms with E-state index < -0.39 is 0 Å². The van der Waals surface area contributed by atoms with Gasteiger partial charge in [-0.2, -0.15) is 14.6 Å². The van der Waals surface area contributed by atoms with Gasteiger partial charge in [0.2, 0.25) is 0 Å². The molecule has 0 atom stereocenters. The quantitative estimate of drug-likeness (QED) is 0.636. The van der Waals surface area contributed by atoms with Gasteiger partial charge >= 0.3 is 0 Å². The van der Waals surface area contributed by atoms with E-state index in [1.807, 2.05) is 32.0 Å². The summed E-state index contributed by atoms with van der Waals surface area (Å²) in [5, 5.41) is 4.08. The molecule has 0 unspecified atom stereocenters. The molecule has 0 N–H and O–H groups in total. The molecular weight excluding hydrogens is 166 g/mol. The first-order chi connectivity index (χ1) is 6.18. The first-order valence-electron chi connectivity index (χ1n) is 4.03. The maximum atomic E-state index is 4.24. The largest absolute Gasteiger partial charge is 0.363 e. The van der Waals surface area contributed by atoms with Crippen molar-refractivity contribution in [3.05, 3.63) is 18.1 Å². The second kappa shape index (κ2) is 2.69. The van der Waals surface area contributed by atoms with Crippen molar-refractivity contribution in [2.24, 2.45) is 0 Å². The summed E-state index contributed by atoms with van der Waals surface area (Å²) in [6.45, 7) is 1.95. The zero-order valence-corrected chi connectivity index (χ0v) is 7.89. The molecule has 0 fully saturated rings. The van der Waals surface area contributed by atoms with Crippen molar-refractivity contribution in [2.45, 2.75) is 6.92 Å². The molecule has 0 amide bonds. The van der Waals surface area contributed by atoms with Crippen molar-refractivity contribution in [1.29, 1.82) is 0 Å². The average molecular weight is 177 g/mol. The smallest absolute Gasteiger partial charge is 0.254 e. The minimum Gasteiger partial charge on any atom is -0.363 e. The predicted molar refractivity (Wildman–Crippen MR) is 49.8 cm³/mol. The van der Waals surface area contributed by atoms with Crippen LogP contribution in [-0.4, -0.2) is 33.7 Å². The van der Waals surface area contributed by atoms with Crippen molar-refractivity contribution in [3.63, 3.8) is 0 Å². The predicted octanol–water partition coefficient (Wildman–Crippen LogP) is 0.499. The Bertz CT molecular complexity index is 431. The van der Waals surface area contributed by atoms with E-state index in [4.69, 9.17) is 0 Å². The summed E-state index contributed by atoms with van der Waals surface area (Å²) < 4.78 is 1.72. The first kappa shape index (κ1) is 7.97. The lowest BCUT2D eigenvalue weighted by atomic mass is 10.4. The lowest BCUT2D eigenvalue weighted by Crippen LogP contribution is -2.14. The second-order valence-corrected chi connectivity index (χ2v) is 3.12. The summed E-state index contributed by atoms with van der Waals surface area (Å²) >= 11 is 0. The van der Waals surface area contributed by atoms with E-state index in [0.717, 1.165) is 11.5 Å². The van der Waals surface area contributed by atoms with Gasteiger partial charge in [0.25, 0.3) is 5.78 Å². The summed E-state index contributed by atoms with van der Waals surface area (Å²) in [4.78, 5) is 10.3. The molecule has 0 aliphatic carbocycles. The maximum Gasteiger partial charge on any atom is 0.254 e. The molecule has 68 valence electrons. The molecule has 0 saturated heterocycles. The van der Waals surface area contributed by atoms with Gasteiger partial charge in [-0.3, -0.25) is 0 Å². The molecule has 2 heterocycles. The van der Waals surface area contributed by atoms with E-state index in [1.54, 1.807) is 4.52 Å². The molecule has 2 aromatic heterocycles. The Labute approximate surface area is 76.0 Å². The highest BCUT2D eigenvalue weighted by Gasteiger charge is 2.05. The van der Waals surface area contributed by atoms with Crippen LogP contribution in [0, 0.1) is 6.92 Å². The molecular formula is C8H11N5. The Hall–Kier alpha value is -1.65. The Morgan fingerprint density at radius 3 is 2.85 bits per heavy atom. The van der Waals surface area contributed by atoms with E-state index in [0.29, 0.717) is 5.78 Å². The fourth-order valence-electron chi connectivity index (χ4n) is 1.23. The van der Waals surface area contributed by atoms with Gasteiger partial charge in [-0.05, 0) is 6.92 Å². The summed E-state index contributed by atoms with van der Waals surface area (Å²) in [7, 11) is 3.94. The highest BCUT2D eigenvalue weighted by Crippen LogP contribution is 2.12. The van der Waals surface area contributed by atoms with E-state index in [-0.39, 0.29) is 0 Å². The van der Waals surface area contributed by atoms with Crippen molar-refractivity contribution in [1.82, 2.24) is 19.6 Å². The zero-order valence-electron chi connectivity index (χ0n) is 7.89. The zero-order chi connectivity index (χ0) is 9.42. The number of aromatic nitrogens is 4. The van der Waals surface area contributed by atoms with Crippen LogP contribution < -0.4 is 4.90 Å². The summed E-state index contributed by atoms with van der Waals surface area (Å²) in [5.41, 5.74) is 0.948. The Balaban J connectivity index is 2.77. The molecule has 0 aliphatic heterocycles. The minimum absolute atomic E-state index is 0.642. The van der Waals surface area contributed by atoms with E-state index in [1.165, 1.54) is 6.33 Å². The maximum absolute atomic E-state index is 4.24. The number of hydrogen-bond acceptors (Lipinski definition) is 4. The lowest BCUT2D eigenvalue weighted by molar-refractivity contribution is 0.888. The van der Waals surface area contributed by atoms with E-state index >= 15 is 0 Å². The van der Waals surface area contributed by atoms with Gasteiger partial charge in [-0.1, -0.05) is 0 Å². The standard InChI is InChI=1S/C8H11N5/c1-6-4-7(12(2)3)13-8(11-6)9-5-10-13/h4-5H,1-3H3. The third-order valence-corrected chi connectivity index (χ3v) is 1.82. The molecule has 5 nitrogen and oxygen atoms in total. The average Bonchev–Trinajstić information content (AvgIpc) is 2.49. The van der Waals surface area contributed by atoms with Crippen molar-refractivity contribution >= 4 is 11.6 Å². The van der Waals surface area contributed by atoms with Crippen molar-refractivity contribution in [3.8, 4) is 0 Å². The first-order valence-corrected chi connectivity index (χ1v) is 4.03. The van der Waals surface area contributed by atoms with Crippen LogP contribution in [0.1, 0.15) is 5.69 Å². The second-order valence-electron chi connectivity index (χ2n) is 3.12. The number of fused-ring (bicyclic) bond motifs is 1. The highest BCUT2D eigenvalue weighted by atomic mass is 15.4. The number of aryl methyl sites for hydroxylation is 1.